The molecule has 7 heteroatoms. The summed E-state index contributed by atoms with van der Waals surface area (Å²) in [5.74, 6) is -1.39. The molecule has 5 nitrogen and oxygen atoms in total. The molecule has 0 aliphatic carbocycles. The van der Waals surface area contributed by atoms with Crippen molar-refractivity contribution in [2.75, 3.05) is 19.8 Å². The molecular formula is C20H21F2N3O2. The van der Waals surface area contributed by atoms with E-state index in [0.717, 1.165) is 18.6 Å². The van der Waals surface area contributed by atoms with Gasteiger partial charge in [-0.25, -0.2) is 13.8 Å². The van der Waals surface area contributed by atoms with Gasteiger partial charge in [-0.05, 0) is 50.6 Å². The standard InChI is InChI=1S/C20H21F2N3O2/c1-3-27-10-4-9-23-20(26)14-5-8-19-18(11-14)24-13(2)25(19)15-6-7-16(21)17(22)12-15/h5-8,11-12H,3-4,9-10H2,1-2H3,(H,23,26). The lowest BCUT2D eigenvalue weighted by Gasteiger charge is -2.08. The van der Waals surface area contributed by atoms with Gasteiger partial charge in [0.2, 0.25) is 0 Å². The molecule has 0 atom stereocenters. The fraction of sp³-hybridized carbons (Fsp3) is 0.300. The van der Waals surface area contributed by atoms with Gasteiger partial charge in [0.15, 0.2) is 11.6 Å². The van der Waals surface area contributed by atoms with Gasteiger partial charge in [-0.15, -0.1) is 0 Å². The number of carbonyl (C=O) groups is 1. The normalized spacial score (nSPS) is 11.1. The minimum absolute atomic E-state index is 0.187. The van der Waals surface area contributed by atoms with Crippen LogP contribution in [0.1, 0.15) is 29.5 Å². The molecule has 0 unspecified atom stereocenters. The molecule has 1 heterocycles. The number of fused-ring (bicyclic) bond motifs is 1. The number of benzene rings is 2. The lowest BCUT2D eigenvalue weighted by molar-refractivity contribution is 0.0944. The lowest BCUT2D eigenvalue weighted by Crippen LogP contribution is -2.25. The van der Waals surface area contributed by atoms with Gasteiger partial charge in [0, 0.05) is 31.4 Å². The summed E-state index contributed by atoms with van der Waals surface area (Å²) in [6.45, 7) is 5.49. The zero-order valence-electron chi connectivity index (χ0n) is 15.3. The molecule has 0 aliphatic rings. The summed E-state index contributed by atoms with van der Waals surface area (Å²) >= 11 is 0. The van der Waals surface area contributed by atoms with Gasteiger partial charge < -0.3 is 10.1 Å². The van der Waals surface area contributed by atoms with E-state index in [-0.39, 0.29) is 5.91 Å². The first-order valence-corrected chi connectivity index (χ1v) is 8.81. The Morgan fingerprint density at radius 1 is 1.19 bits per heavy atom. The van der Waals surface area contributed by atoms with Crippen molar-refractivity contribution in [3.63, 3.8) is 0 Å². The highest BCUT2D eigenvalue weighted by atomic mass is 19.2. The van der Waals surface area contributed by atoms with Crippen LogP contribution < -0.4 is 5.32 Å². The molecule has 1 aromatic heterocycles. The second-order valence-electron chi connectivity index (χ2n) is 6.10. The monoisotopic (exact) mass is 373 g/mol. The Bertz CT molecular complexity index is 969. The summed E-state index contributed by atoms with van der Waals surface area (Å²) < 4.78 is 33.8. The van der Waals surface area contributed by atoms with Crippen LogP contribution in [0.3, 0.4) is 0 Å². The fourth-order valence-electron chi connectivity index (χ4n) is 2.91. The highest BCUT2D eigenvalue weighted by molar-refractivity contribution is 5.97. The van der Waals surface area contributed by atoms with Crippen LogP contribution in [0.2, 0.25) is 0 Å². The molecule has 1 amide bonds. The van der Waals surface area contributed by atoms with E-state index in [1.165, 1.54) is 6.07 Å². The van der Waals surface area contributed by atoms with E-state index >= 15 is 0 Å². The number of carbonyl (C=O) groups excluding carboxylic acids is 1. The maximum Gasteiger partial charge on any atom is 0.251 e. The zero-order valence-corrected chi connectivity index (χ0v) is 15.3. The predicted octanol–water partition coefficient (Wildman–Crippen LogP) is 3.77. The Morgan fingerprint density at radius 2 is 2.00 bits per heavy atom. The number of ether oxygens (including phenoxy) is 1. The van der Waals surface area contributed by atoms with Gasteiger partial charge in [-0.1, -0.05) is 0 Å². The molecule has 142 valence electrons. The summed E-state index contributed by atoms with van der Waals surface area (Å²) in [4.78, 5) is 16.7. The van der Waals surface area contributed by atoms with E-state index in [0.29, 0.717) is 47.9 Å². The number of imidazole rings is 1. The van der Waals surface area contributed by atoms with Crippen molar-refractivity contribution in [1.82, 2.24) is 14.9 Å². The number of aryl methyl sites for hydroxylation is 1. The Balaban J connectivity index is 1.83. The highest BCUT2D eigenvalue weighted by Crippen LogP contribution is 2.23. The molecular weight excluding hydrogens is 352 g/mol. The number of halogens is 2. The van der Waals surface area contributed by atoms with Crippen LogP contribution in [0, 0.1) is 18.6 Å². The van der Waals surface area contributed by atoms with Crippen molar-refractivity contribution < 1.29 is 18.3 Å². The molecule has 27 heavy (non-hydrogen) atoms. The molecule has 0 saturated carbocycles. The van der Waals surface area contributed by atoms with E-state index in [4.69, 9.17) is 4.74 Å². The van der Waals surface area contributed by atoms with Crippen LogP contribution in [0.4, 0.5) is 8.78 Å². The fourth-order valence-corrected chi connectivity index (χ4v) is 2.91. The van der Waals surface area contributed by atoms with Gasteiger partial charge in [-0.2, -0.15) is 0 Å². The first kappa shape index (κ1) is 19.0. The maximum absolute atomic E-state index is 13.6. The second-order valence-corrected chi connectivity index (χ2v) is 6.10. The topological polar surface area (TPSA) is 56.1 Å². The Kier molecular flexibility index (Phi) is 5.81. The van der Waals surface area contributed by atoms with Crippen molar-refractivity contribution in [3.8, 4) is 5.69 Å². The molecule has 2 aromatic carbocycles. The molecule has 3 rings (SSSR count). The van der Waals surface area contributed by atoms with Crippen LogP contribution in [-0.4, -0.2) is 35.2 Å². The lowest BCUT2D eigenvalue weighted by atomic mass is 10.2. The molecule has 1 N–H and O–H groups in total. The third-order valence-corrected chi connectivity index (χ3v) is 4.20. The molecule has 0 fully saturated rings. The third kappa shape index (κ3) is 4.14. The van der Waals surface area contributed by atoms with E-state index in [2.05, 4.69) is 10.3 Å². The second kappa shape index (κ2) is 8.26. The largest absolute Gasteiger partial charge is 0.382 e. The molecule has 0 radical (unpaired) electrons. The number of nitrogens with zero attached hydrogens (tertiary/aromatic N) is 2. The Morgan fingerprint density at radius 3 is 2.74 bits per heavy atom. The van der Waals surface area contributed by atoms with Crippen molar-refractivity contribution in [2.45, 2.75) is 20.3 Å². The van der Waals surface area contributed by atoms with Gasteiger partial charge in [0.25, 0.3) is 5.91 Å². The van der Waals surface area contributed by atoms with Crippen molar-refractivity contribution in [3.05, 3.63) is 59.4 Å². The summed E-state index contributed by atoms with van der Waals surface area (Å²) in [5.41, 5.74) is 2.29. The zero-order chi connectivity index (χ0) is 19.4. The third-order valence-electron chi connectivity index (χ3n) is 4.20. The predicted molar refractivity (Wildman–Crippen MR) is 99.2 cm³/mol. The van der Waals surface area contributed by atoms with Crippen LogP contribution in [0.25, 0.3) is 16.7 Å². The Labute approximate surface area is 156 Å². The molecule has 0 aliphatic heterocycles. The van der Waals surface area contributed by atoms with Crippen molar-refractivity contribution in [2.24, 2.45) is 0 Å². The van der Waals surface area contributed by atoms with E-state index in [9.17, 15) is 13.6 Å². The van der Waals surface area contributed by atoms with E-state index in [1.54, 1.807) is 29.7 Å². The summed E-state index contributed by atoms with van der Waals surface area (Å²) in [6.07, 6.45) is 0.742. The van der Waals surface area contributed by atoms with Gasteiger partial charge in [0.1, 0.15) is 5.82 Å². The Hall–Kier alpha value is -2.80. The highest BCUT2D eigenvalue weighted by Gasteiger charge is 2.14. The molecule has 3 aromatic rings. The van der Waals surface area contributed by atoms with Crippen LogP contribution in [0.5, 0.6) is 0 Å². The number of nitrogens with one attached hydrogen (secondary N) is 1. The van der Waals surface area contributed by atoms with E-state index < -0.39 is 11.6 Å². The van der Waals surface area contributed by atoms with Crippen molar-refractivity contribution in [1.29, 1.82) is 0 Å². The summed E-state index contributed by atoms with van der Waals surface area (Å²) in [7, 11) is 0. The smallest absolute Gasteiger partial charge is 0.251 e. The number of amides is 1. The van der Waals surface area contributed by atoms with Gasteiger partial charge >= 0.3 is 0 Å². The first-order chi connectivity index (χ1) is 13.0. The maximum atomic E-state index is 13.6. The van der Waals surface area contributed by atoms with Crippen LogP contribution in [-0.2, 0) is 4.74 Å². The SMILES string of the molecule is CCOCCCNC(=O)c1ccc2c(c1)nc(C)n2-c1ccc(F)c(F)c1. The minimum atomic E-state index is -0.920. The van der Waals surface area contributed by atoms with Crippen molar-refractivity contribution >= 4 is 16.9 Å². The minimum Gasteiger partial charge on any atom is -0.382 e. The number of hydrogen-bond donors (Lipinski definition) is 1. The average Bonchev–Trinajstić information content (AvgIpc) is 2.98. The summed E-state index contributed by atoms with van der Waals surface area (Å²) in [5, 5.41) is 2.84. The molecule has 0 spiro atoms. The number of aromatic nitrogens is 2. The first-order valence-electron chi connectivity index (χ1n) is 8.81. The van der Waals surface area contributed by atoms with E-state index in [1.807, 2.05) is 6.92 Å². The van der Waals surface area contributed by atoms with Crippen LogP contribution >= 0.6 is 0 Å². The number of rotatable bonds is 7. The number of hydrogen-bond acceptors (Lipinski definition) is 3. The molecule has 0 saturated heterocycles. The van der Waals surface area contributed by atoms with Gasteiger partial charge in [0.05, 0.1) is 16.7 Å². The average molecular weight is 373 g/mol. The van der Waals surface area contributed by atoms with Crippen LogP contribution in [0.15, 0.2) is 36.4 Å². The summed E-state index contributed by atoms with van der Waals surface area (Å²) in [6, 6.07) is 8.84. The molecule has 0 bridgehead atoms. The quantitative estimate of drug-likeness (QED) is 0.642. The van der Waals surface area contributed by atoms with Gasteiger partial charge in [-0.3, -0.25) is 9.36 Å².